The molecule has 2 heterocycles. The van der Waals surface area contributed by atoms with Crippen LogP contribution >= 0.6 is 23.1 Å². The quantitative estimate of drug-likeness (QED) is 0.668. The maximum atomic E-state index is 13.6. The molecule has 1 aromatic heterocycles. The Bertz CT molecular complexity index is 827. The molecule has 1 saturated heterocycles. The molecule has 2 aromatic rings. The zero-order valence-corrected chi connectivity index (χ0v) is 16.9. The zero-order chi connectivity index (χ0) is 19.9. The van der Waals surface area contributed by atoms with Gasteiger partial charge in [-0.3, -0.25) is 9.59 Å². The summed E-state index contributed by atoms with van der Waals surface area (Å²) in [4.78, 5) is 27.4. The Hall–Kier alpha value is -2.40. The molecule has 0 aliphatic carbocycles. The minimum atomic E-state index is -0.485. The Balaban J connectivity index is 1.45. The van der Waals surface area contributed by atoms with E-state index in [2.05, 4.69) is 20.4 Å². The number of carbonyl (C=O) groups excluding carboxylic acids is 2. The van der Waals surface area contributed by atoms with Crippen LogP contribution in [0.25, 0.3) is 0 Å². The van der Waals surface area contributed by atoms with Gasteiger partial charge in [0.2, 0.25) is 11.0 Å². The van der Waals surface area contributed by atoms with Crippen molar-refractivity contribution in [2.24, 2.45) is 0 Å². The first-order valence-electron chi connectivity index (χ1n) is 8.63. The smallest absolute Gasteiger partial charge is 0.260 e. The van der Waals surface area contributed by atoms with E-state index >= 15 is 0 Å². The van der Waals surface area contributed by atoms with Crippen LogP contribution in [0.3, 0.4) is 0 Å². The SMILES string of the molecule is CNC(=O)CSc1nnc(N2CCN(C(=O)COc3ccccc3F)CC2)s1. The highest BCUT2D eigenvalue weighted by molar-refractivity contribution is 8.01. The van der Waals surface area contributed by atoms with Crippen LogP contribution in [-0.2, 0) is 9.59 Å². The number of thioether (sulfide) groups is 1. The number of benzene rings is 1. The fourth-order valence-corrected chi connectivity index (χ4v) is 4.29. The van der Waals surface area contributed by atoms with Gasteiger partial charge in [0.15, 0.2) is 22.5 Å². The lowest BCUT2D eigenvalue weighted by Crippen LogP contribution is -2.50. The molecule has 0 radical (unpaired) electrons. The molecular weight excluding hydrogens is 405 g/mol. The number of nitrogens with one attached hydrogen (secondary N) is 1. The highest BCUT2D eigenvalue weighted by atomic mass is 32.2. The lowest BCUT2D eigenvalue weighted by Gasteiger charge is -2.34. The van der Waals surface area contributed by atoms with Crippen LogP contribution < -0.4 is 15.0 Å². The maximum absolute atomic E-state index is 13.6. The Morgan fingerprint density at radius 1 is 1.25 bits per heavy atom. The van der Waals surface area contributed by atoms with E-state index in [1.807, 2.05) is 0 Å². The van der Waals surface area contributed by atoms with Crippen LogP contribution in [0.15, 0.2) is 28.6 Å². The third-order valence-electron chi connectivity index (χ3n) is 4.09. The minimum Gasteiger partial charge on any atom is -0.481 e. The third kappa shape index (κ3) is 5.32. The van der Waals surface area contributed by atoms with E-state index in [1.165, 1.54) is 35.2 Å². The van der Waals surface area contributed by atoms with Gasteiger partial charge in [-0.1, -0.05) is 35.2 Å². The zero-order valence-electron chi connectivity index (χ0n) is 15.3. The topological polar surface area (TPSA) is 87.7 Å². The van der Waals surface area contributed by atoms with Gasteiger partial charge < -0.3 is 19.9 Å². The summed E-state index contributed by atoms with van der Waals surface area (Å²) in [5.74, 6) is -0.352. The Kier molecular flexibility index (Phi) is 7.04. The van der Waals surface area contributed by atoms with E-state index < -0.39 is 5.82 Å². The molecule has 8 nitrogen and oxygen atoms in total. The lowest BCUT2D eigenvalue weighted by molar-refractivity contribution is -0.133. The van der Waals surface area contributed by atoms with Crippen LogP contribution in [0, 0.1) is 5.82 Å². The average molecular weight is 426 g/mol. The summed E-state index contributed by atoms with van der Waals surface area (Å²) < 4.78 is 19.6. The number of ether oxygens (including phenoxy) is 1. The van der Waals surface area contributed by atoms with Gasteiger partial charge in [0.25, 0.3) is 5.91 Å². The van der Waals surface area contributed by atoms with Gasteiger partial charge in [-0.15, -0.1) is 10.2 Å². The van der Waals surface area contributed by atoms with E-state index in [9.17, 15) is 14.0 Å². The second-order valence-electron chi connectivity index (χ2n) is 5.90. The maximum Gasteiger partial charge on any atom is 0.260 e. The van der Waals surface area contributed by atoms with Crippen molar-refractivity contribution in [1.29, 1.82) is 0 Å². The first kappa shape index (κ1) is 20.3. The number of aromatic nitrogens is 2. The summed E-state index contributed by atoms with van der Waals surface area (Å²) >= 11 is 2.77. The molecule has 28 heavy (non-hydrogen) atoms. The molecule has 0 saturated carbocycles. The molecule has 0 atom stereocenters. The first-order chi connectivity index (χ1) is 13.6. The van der Waals surface area contributed by atoms with Crippen molar-refractivity contribution < 1.29 is 18.7 Å². The van der Waals surface area contributed by atoms with E-state index in [1.54, 1.807) is 24.1 Å². The monoisotopic (exact) mass is 425 g/mol. The Morgan fingerprint density at radius 3 is 2.71 bits per heavy atom. The summed E-state index contributed by atoms with van der Waals surface area (Å²) in [5.41, 5.74) is 0. The largest absolute Gasteiger partial charge is 0.481 e. The summed E-state index contributed by atoms with van der Waals surface area (Å²) in [6, 6.07) is 6.02. The number of amides is 2. The fourth-order valence-electron chi connectivity index (χ4n) is 2.53. The number of anilines is 1. The summed E-state index contributed by atoms with van der Waals surface area (Å²) in [7, 11) is 1.59. The molecule has 1 aliphatic rings. The van der Waals surface area contributed by atoms with Crippen molar-refractivity contribution in [2.75, 3.05) is 50.5 Å². The van der Waals surface area contributed by atoms with E-state index in [-0.39, 0.29) is 24.2 Å². The van der Waals surface area contributed by atoms with Gasteiger partial charge in [-0.05, 0) is 12.1 Å². The molecule has 1 aromatic carbocycles. The van der Waals surface area contributed by atoms with Crippen molar-refractivity contribution in [1.82, 2.24) is 20.4 Å². The second kappa shape index (κ2) is 9.69. The lowest BCUT2D eigenvalue weighted by atomic mass is 10.3. The predicted molar refractivity (Wildman–Crippen MR) is 105 cm³/mol. The predicted octanol–water partition coefficient (Wildman–Crippen LogP) is 1.24. The van der Waals surface area contributed by atoms with Gasteiger partial charge in [0.1, 0.15) is 0 Å². The number of carbonyl (C=O) groups is 2. The van der Waals surface area contributed by atoms with Gasteiger partial charge >= 0.3 is 0 Å². The average Bonchev–Trinajstić information content (AvgIpc) is 3.20. The highest BCUT2D eigenvalue weighted by Crippen LogP contribution is 2.28. The van der Waals surface area contributed by atoms with E-state index in [0.29, 0.717) is 31.9 Å². The summed E-state index contributed by atoms with van der Waals surface area (Å²) in [6.45, 7) is 2.11. The molecular formula is C17H20FN5O3S2. The minimum absolute atomic E-state index is 0.0634. The molecule has 0 spiro atoms. The number of nitrogens with zero attached hydrogens (tertiary/aromatic N) is 4. The molecule has 150 valence electrons. The van der Waals surface area contributed by atoms with Crippen molar-refractivity contribution in [3.05, 3.63) is 30.1 Å². The second-order valence-corrected chi connectivity index (χ2v) is 8.08. The molecule has 3 rings (SSSR count). The molecule has 1 fully saturated rings. The normalized spacial score (nSPS) is 14.1. The molecule has 11 heteroatoms. The van der Waals surface area contributed by atoms with Crippen molar-refractivity contribution in [3.8, 4) is 5.75 Å². The van der Waals surface area contributed by atoms with E-state index in [0.717, 1.165) is 9.47 Å². The highest BCUT2D eigenvalue weighted by Gasteiger charge is 2.24. The van der Waals surface area contributed by atoms with Gasteiger partial charge in [0, 0.05) is 33.2 Å². The molecule has 0 bridgehead atoms. The van der Waals surface area contributed by atoms with Crippen LogP contribution in [0.2, 0.25) is 0 Å². The van der Waals surface area contributed by atoms with Crippen molar-refractivity contribution >= 4 is 40.0 Å². The number of hydrogen-bond acceptors (Lipinski definition) is 8. The molecule has 0 unspecified atom stereocenters. The molecule has 1 N–H and O–H groups in total. The number of rotatable bonds is 7. The summed E-state index contributed by atoms with van der Waals surface area (Å²) in [6.07, 6.45) is 0. The number of hydrogen-bond donors (Lipinski definition) is 1. The van der Waals surface area contributed by atoms with Crippen molar-refractivity contribution in [3.63, 3.8) is 0 Å². The summed E-state index contributed by atoms with van der Waals surface area (Å²) in [5, 5.41) is 11.6. The van der Waals surface area contributed by atoms with Gasteiger partial charge in [0.05, 0.1) is 5.75 Å². The fraction of sp³-hybridized carbons (Fsp3) is 0.412. The van der Waals surface area contributed by atoms with Crippen LogP contribution in [0.1, 0.15) is 0 Å². The van der Waals surface area contributed by atoms with Crippen LogP contribution in [-0.4, -0.2) is 72.5 Å². The van der Waals surface area contributed by atoms with Crippen LogP contribution in [0.5, 0.6) is 5.75 Å². The first-order valence-corrected chi connectivity index (χ1v) is 10.4. The molecule has 2 amide bonds. The van der Waals surface area contributed by atoms with Crippen LogP contribution in [0.4, 0.5) is 9.52 Å². The van der Waals surface area contributed by atoms with E-state index in [4.69, 9.17) is 4.74 Å². The standard InChI is InChI=1S/C17H20FN5O3S2/c1-19-14(24)11-27-17-21-20-16(28-17)23-8-6-22(7-9-23)15(25)10-26-13-5-3-2-4-12(13)18/h2-5H,6-11H2,1H3,(H,19,24). The van der Waals surface area contributed by atoms with Gasteiger partial charge in [-0.2, -0.15) is 0 Å². The Labute approximate surface area is 170 Å². The third-order valence-corrected chi connectivity index (χ3v) is 6.21. The number of para-hydroxylation sites is 1. The number of halogens is 1. The van der Waals surface area contributed by atoms with Crippen molar-refractivity contribution in [2.45, 2.75) is 4.34 Å². The Morgan fingerprint density at radius 2 is 2.00 bits per heavy atom. The van der Waals surface area contributed by atoms with Gasteiger partial charge in [-0.25, -0.2) is 4.39 Å². The number of piperazine rings is 1. The molecule has 1 aliphatic heterocycles.